The fourth-order valence-corrected chi connectivity index (χ4v) is 7.68. The first kappa shape index (κ1) is 27.1. The van der Waals surface area contributed by atoms with Gasteiger partial charge in [0.15, 0.2) is 0 Å². The van der Waals surface area contributed by atoms with Crippen LogP contribution in [0.1, 0.15) is 104 Å². The van der Waals surface area contributed by atoms with E-state index in [0.29, 0.717) is 41.2 Å². The number of anilines is 1. The second kappa shape index (κ2) is 11.3. The van der Waals surface area contributed by atoms with E-state index < -0.39 is 0 Å². The highest BCUT2D eigenvalue weighted by Crippen LogP contribution is 2.59. The van der Waals surface area contributed by atoms with Crippen molar-refractivity contribution in [3.8, 4) is 0 Å². The Labute approximate surface area is 225 Å². The Morgan fingerprint density at radius 3 is 2.03 bits per heavy atom. The first-order valence-electron chi connectivity index (χ1n) is 15.4. The molecular weight excluding hydrogens is 458 g/mol. The van der Waals surface area contributed by atoms with E-state index in [0.717, 1.165) is 19.0 Å². The summed E-state index contributed by atoms with van der Waals surface area (Å²) in [7, 11) is 0. The lowest BCUT2D eigenvalue weighted by atomic mass is 9.50. The van der Waals surface area contributed by atoms with Gasteiger partial charge in [0, 0.05) is 55.4 Å². The van der Waals surface area contributed by atoms with Gasteiger partial charge in [0.25, 0.3) is 0 Å². The van der Waals surface area contributed by atoms with Crippen molar-refractivity contribution in [1.82, 2.24) is 19.8 Å². The van der Waals surface area contributed by atoms with Crippen LogP contribution in [0, 0.1) is 17.3 Å². The third kappa shape index (κ3) is 5.75. The van der Waals surface area contributed by atoms with Crippen LogP contribution in [0.5, 0.6) is 0 Å². The topological polar surface area (TPSA) is 52.6 Å². The molecule has 0 radical (unpaired) electrons. The summed E-state index contributed by atoms with van der Waals surface area (Å²) in [6, 6.07) is 1.84. The first-order chi connectivity index (χ1) is 17.8. The maximum Gasteiger partial charge on any atom is 0.225 e. The minimum Gasteiger partial charge on any atom is -0.332 e. The van der Waals surface area contributed by atoms with Crippen LogP contribution in [0.15, 0.2) is 12.4 Å². The Bertz CT molecular complexity index is 881. The number of hydrogen-bond donors (Lipinski definition) is 0. The second-order valence-electron chi connectivity index (χ2n) is 13.4. The van der Waals surface area contributed by atoms with Crippen molar-refractivity contribution < 1.29 is 4.79 Å². The molecular formula is C31H51N5O. The van der Waals surface area contributed by atoms with Crippen molar-refractivity contribution in [2.45, 2.75) is 116 Å². The van der Waals surface area contributed by atoms with Crippen molar-refractivity contribution in [3.05, 3.63) is 18.0 Å². The van der Waals surface area contributed by atoms with Crippen LogP contribution in [0.2, 0.25) is 0 Å². The minimum absolute atomic E-state index is 0.257. The molecule has 4 heterocycles. The van der Waals surface area contributed by atoms with Crippen LogP contribution in [-0.4, -0.2) is 76.4 Å². The predicted octanol–water partition coefficient (Wildman–Crippen LogP) is 5.53. The molecule has 37 heavy (non-hydrogen) atoms. The van der Waals surface area contributed by atoms with Crippen LogP contribution in [0.25, 0.3) is 0 Å². The quantitative estimate of drug-likeness (QED) is 0.503. The smallest absolute Gasteiger partial charge is 0.225 e. The highest BCUT2D eigenvalue weighted by atomic mass is 16.1. The van der Waals surface area contributed by atoms with Crippen LogP contribution < -0.4 is 4.90 Å². The molecule has 5 aliphatic rings. The van der Waals surface area contributed by atoms with Gasteiger partial charge in [-0.3, -0.25) is 9.69 Å². The van der Waals surface area contributed by atoms with E-state index >= 15 is 0 Å². The lowest BCUT2D eigenvalue weighted by molar-refractivity contribution is -0.137. The van der Waals surface area contributed by atoms with Gasteiger partial charge in [-0.2, -0.15) is 0 Å². The molecule has 2 atom stereocenters. The third-order valence-electron chi connectivity index (χ3n) is 10.4. The summed E-state index contributed by atoms with van der Waals surface area (Å²) in [5.41, 5.74) is 2.00. The molecule has 206 valence electrons. The third-order valence-corrected chi connectivity index (χ3v) is 10.4. The summed E-state index contributed by atoms with van der Waals surface area (Å²) < 4.78 is 0. The van der Waals surface area contributed by atoms with Crippen LogP contribution in [-0.2, 0) is 4.79 Å². The van der Waals surface area contributed by atoms with Gasteiger partial charge in [0.05, 0.1) is 0 Å². The zero-order valence-corrected chi connectivity index (χ0v) is 24.2. The molecule has 6 heteroatoms. The van der Waals surface area contributed by atoms with Gasteiger partial charge in [-0.15, -0.1) is 0 Å². The lowest BCUT2D eigenvalue weighted by Gasteiger charge is -2.54. The number of aromatic nitrogens is 2. The van der Waals surface area contributed by atoms with Crippen LogP contribution >= 0.6 is 0 Å². The number of hydrogen-bond acceptors (Lipinski definition) is 6. The predicted molar refractivity (Wildman–Crippen MR) is 151 cm³/mol. The molecule has 1 spiro atoms. The van der Waals surface area contributed by atoms with Gasteiger partial charge in [0.2, 0.25) is 5.95 Å². The summed E-state index contributed by atoms with van der Waals surface area (Å²) in [5.74, 6) is 2.81. The Balaban J connectivity index is 0.000000195. The van der Waals surface area contributed by atoms with Gasteiger partial charge < -0.3 is 9.80 Å². The molecule has 3 aliphatic heterocycles. The number of Topliss-reactive ketones (excluding diaryl/α,β-unsaturated/α-hetero) is 1. The number of piperidine rings is 1. The molecule has 2 unspecified atom stereocenters. The number of carbonyl (C=O) groups is 1. The monoisotopic (exact) mass is 509 g/mol. The van der Waals surface area contributed by atoms with Crippen molar-refractivity contribution in [3.63, 3.8) is 0 Å². The largest absolute Gasteiger partial charge is 0.332 e. The molecule has 0 aromatic carbocycles. The van der Waals surface area contributed by atoms with Crippen LogP contribution in [0.4, 0.5) is 5.95 Å². The first-order valence-corrected chi connectivity index (χ1v) is 15.4. The van der Waals surface area contributed by atoms with Crippen LogP contribution in [0.3, 0.4) is 0 Å². The molecule has 6 rings (SSSR count). The van der Waals surface area contributed by atoms with Crippen molar-refractivity contribution in [2.75, 3.05) is 37.6 Å². The standard InChI is InChI=1S/C20H33N5.C11H18O/c1-4-23-9-7-16(8-10-23)17-11-21-20(22-12-17)25-18-5-6-19(25)14-24(13-18)15(2)3;1-8(2)10(12)9-6-11(7-9)4-3-5-11/h11-12,15-16,18-19H,4-10,13-14H2,1-3H3;8-9H,3-7H2,1-2H3. The molecule has 1 aromatic heterocycles. The Morgan fingerprint density at radius 1 is 0.973 bits per heavy atom. The molecule has 0 N–H and O–H groups in total. The van der Waals surface area contributed by atoms with E-state index in [2.05, 4.69) is 47.9 Å². The summed E-state index contributed by atoms with van der Waals surface area (Å²) in [6.45, 7) is 16.8. The molecule has 2 saturated carbocycles. The van der Waals surface area contributed by atoms with E-state index in [4.69, 9.17) is 9.97 Å². The van der Waals surface area contributed by atoms with Gasteiger partial charge in [-0.25, -0.2) is 9.97 Å². The zero-order chi connectivity index (χ0) is 26.2. The second-order valence-corrected chi connectivity index (χ2v) is 13.4. The highest BCUT2D eigenvalue weighted by Gasteiger charge is 2.50. The van der Waals surface area contributed by atoms with E-state index in [1.165, 1.54) is 83.0 Å². The molecule has 3 saturated heterocycles. The molecule has 2 bridgehead atoms. The molecule has 5 fully saturated rings. The summed E-state index contributed by atoms with van der Waals surface area (Å²) in [6.07, 6.45) is 15.9. The summed E-state index contributed by atoms with van der Waals surface area (Å²) in [5, 5.41) is 0. The van der Waals surface area contributed by atoms with Gasteiger partial charge in [-0.1, -0.05) is 27.2 Å². The van der Waals surface area contributed by atoms with Crippen molar-refractivity contribution in [2.24, 2.45) is 17.3 Å². The average molecular weight is 510 g/mol. The fourth-order valence-electron chi connectivity index (χ4n) is 7.68. The Morgan fingerprint density at radius 2 is 1.57 bits per heavy atom. The highest BCUT2D eigenvalue weighted by molar-refractivity contribution is 5.83. The number of fused-ring (bicyclic) bond motifs is 2. The maximum atomic E-state index is 11.6. The number of piperazine rings is 1. The maximum absolute atomic E-state index is 11.6. The Kier molecular flexibility index (Phi) is 8.26. The van der Waals surface area contributed by atoms with E-state index in [1.807, 2.05) is 13.8 Å². The van der Waals surface area contributed by atoms with E-state index in [-0.39, 0.29) is 5.92 Å². The minimum atomic E-state index is 0.257. The SMILES string of the molecule is CC(C)C(=O)C1CC2(CCC2)C1.CCN1CCC(c2cnc(N3C4CCC3CN(C(C)C)C4)nc2)CC1. The summed E-state index contributed by atoms with van der Waals surface area (Å²) in [4.78, 5) is 28.8. The summed E-state index contributed by atoms with van der Waals surface area (Å²) >= 11 is 0. The molecule has 0 amide bonds. The number of nitrogens with zero attached hydrogens (tertiary/aromatic N) is 5. The Hall–Kier alpha value is -1.53. The average Bonchev–Trinajstić information content (AvgIpc) is 3.11. The number of likely N-dealkylation sites (tertiary alicyclic amines) is 2. The van der Waals surface area contributed by atoms with E-state index in [1.54, 1.807) is 0 Å². The van der Waals surface area contributed by atoms with Gasteiger partial charge in [0.1, 0.15) is 5.78 Å². The van der Waals surface area contributed by atoms with E-state index in [9.17, 15) is 4.79 Å². The fraction of sp³-hybridized carbons (Fsp3) is 0.839. The van der Waals surface area contributed by atoms with Gasteiger partial charge >= 0.3 is 0 Å². The molecule has 1 aromatic rings. The number of carbonyl (C=O) groups excluding carboxylic acids is 1. The van der Waals surface area contributed by atoms with Crippen molar-refractivity contribution >= 4 is 11.7 Å². The zero-order valence-electron chi connectivity index (χ0n) is 24.2. The molecule has 6 nitrogen and oxygen atoms in total. The van der Waals surface area contributed by atoms with Crippen molar-refractivity contribution in [1.29, 1.82) is 0 Å². The normalized spacial score (nSPS) is 28.2. The lowest BCUT2D eigenvalue weighted by Crippen LogP contribution is -2.56. The number of ketones is 1. The van der Waals surface area contributed by atoms with Gasteiger partial charge in [-0.05, 0) is 102 Å². The number of rotatable bonds is 6. The molecule has 2 aliphatic carbocycles.